The van der Waals surface area contributed by atoms with Crippen LogP contribution in [0.25, 0.3) is 0 Å². The Hall–Kier alpha value is -2.02. The average molecular weight is 304 g/mol. The van der Waals surface area contributed by atoms with Gasteiger partial charge in [-0.05, 0) is 0 Å². The minimum Gasteiger partial charge on any atom is -0.476 e. The summed E-state index contributed by atoms with van der Waals surface area (Å²) in [6.07, 6.45) is 2.72. The van der Waals surface area contributed by atoms with Crippen molar-refractivity contribution >= 4 is 22.4 Å². The molecule has 0 saturated heterocycles. The molecule has 1 aliphatic rings. The third kappa shape index (κ3) is 2.73. The number of thiazole rings is 1. The third-order valence-corrected chi connectivity index (χ3v) is 4.35. The molecule has 0 radical (unpaired) electrons. The fraction of sp³-hybridized carbons (Fsp3) is 0.429. The molecular formula is C14H16N4O2S. The summed E-state index contributed by atoms with van der Waals surface area (Å²) in [5.74, 6) is 0.217. The first-order valence-electron chi connectivity index (χ1n) is 6.83. The van der Waals surface area contributed by atoms with E-state index in [1.807, 2.05) is 6.20 Å². The summed E-state index contributed by atoms with van der Waals surface area (Å²) in [5.41, 5.74) is 2.30. The number of carbonyl (C=O) groups is 1. The minimum absolute atomic E-state index is 0.104. The first-order valence-corrected chi connectivity index (χ1v) is 7.71. The molecule has 0 saturated carbocycles. The van der Waals surface area contributed by atoms with Gasteiger partial charge < -0.3 is 10.0 Å². The maximum atomic E-state index is 10.9. The highest BCUT2D eigenvalue weighted by atomic mass is 32.1. The third-order valence-electron chi connectivity index (χ3n) is 3.45. The van der Waals surface area contributed by atoms with Gasteiger partial charge in [0.2, 0.25) is 0 Å². The number of aromatic carboxylic acids is 1. The molecular weight excluding hydrogens is 288 g/mol. The van der Waals surface area contributed by atoms with E-state index < -0.39 is 5.97 Å². The zero-order valence-electron chi connectivity index (χ0n) is 11.9. The SMILES string of the molecule is CC(C)c1ncc2c(n1)CCN(c1nc(C(=O)O)cs1)C2. The Bertz CT molecular complexity index is 683. The second-order valence-electron chi connectivity index (χ2n) is 5.35. The molecule has 0 unspecified atom stereocenters. The Morgan fingerprint density at radius 2 is 2.24 bits per heavy atom. The molecule has 3 rings (SSSR count). The first-order chi connectivity index (χ1) is 10.0. The number of aromatic nitrogens is 3. The van der Waals surface area contributed by atoms with Crippen LogP contribution in [-0.4, -0.2) is 32.6 Å². The van der Waals surface area contributed by atoms with Crippen molar-refractivity contribution in [3.8, 4) is 0 Å². The van der Waals surface area contributed by atoms with Crippen LogP contribution in [0.3, 0.4) is 0 Å². The second kappa shape index (κ2) is 5.40. The van der Waals surface area contributed by atoms with E-state index in [-0.39, 0.29) is 5.69 Å². The Balaban J connectivity index is 1.82. The fourth-order valence-electron chi connectivity index (χ4n) is 2.28. The molecule has 3 heterocycles. The number of fused-ring (bicyclic) bond motifs is 1. The lowest BCUT2D eigenvalue weighted by atomic mass is 10.1. The highest BCUT2D eigenvalue weighted by Gasteiger charge is 2.22. The molecule has 6 nitrogen and oxygen atoms in total. The maximum Gasteiger partial charge on any atom is 0.355 e. The molecule has 0 aliphatic carbocycles. The van der Waals surface area contributed by atoms with Gasteiger partial charge in [0.05, 0.1) is 5.69 Å². The zero-order valence-corrected chi connectivity index (χ0v) is 12.7. The van der Waals surface area contributed by atoms with Crippen LogP contribution in [0.5, 0.6) is 0 Å². The normalized spacial score (nSPS) is 14.3. The molecule has 21 heavy (non-hydrogen) atoms. The van der Waals surface area contributed by atoms with E-state index in [2.05, 4.69) is 33.7 Å². The van der Waals surface area contributed by atoms with E-state index in [1.54, 1.807) is 5.38 Å². The largest absolute Gasteiger partial charge is 0.476 e. The van der Waals surface area contributed by atoms with Crippen molar-refractivity contribution in [3.05, 3.63) is 34.4 Å². The fourth-order valence-corrected chi connectivity index (χ4v) is 3.11. The number of rotatable bonds is 3. The lowest BCUT2D eigenvalue weighted by molar-refractivity contribution is 0.0691. The smallest absolute Gasteiger partial charge is 0.355 e. The van der Waals surface area contributed by atoms with E-state index in [4.69, 9.17) is 5.11 Å². The number of hydrogen-bond donors (Lipinski definition) is 1. The van der Waals surface area contributed by atoms with Gasteiger partial charge in [0.25, 0.3) is 0 Å². The first kappa shape index (κ1) is 13.9. The zero-order chi connectivity index (χ0) is 15.0. The van der Waals surface area contributed by atoms with Gasteiger partial charge in [-0.3, -0.25) is 0 Å². The highest BCUT2D eigenvalue weighted by molar-refractivity contribution is 7.13. The standard InChI is InChI=1S/C14H16N4O2S/c1-8(2)12-15-5-9-6-18(4-3-10(9)16-12)14-17-11(7-21-14)13(19)20/h5,7-8H,3-4,6H2,1-2H3,(H,19,20). The lowest BCUT2D eigenvalue weighted by Crippen LogP contribution is -2.31. The van der Waals surface area contributed by atoms with Gasteiger partial charge in [-0.1, -0.05) is 13.8 Å². The summed E-state index contributed by atoms with van der Waals surface area (Å²) >= 11 is 1.36. The number of nitrogens with zero attached hydrogens (tertiary/aromatic N) is 4. The molecule has 0 amide bonds. The quantitative estimate of drug-likeness (QED) is 0.937. The van der Waals surface area contributed by atoms with E-state index in [9.17, 15) is 4.79 Å². The van der Waals surface area contributed by atoms with Gasteiger partial charge in [0.1, 0.15) is 5.82 Å². The van der Waals surface area contributed by atoms with Crippen LogP contribution in [0.2, 0.25) is 0 Å². The van der Waals surface area contributed by atoms with Crippen molar-refractivity contribution in [1.82, 2.24) is 15.0 Å². The van der Waals surface area contributed by atoms with Crippen molar-refractivity contribution in [2.45, 2.75) is 32.7 Å². The molecule has 1 N–H and O–H groups in total. The van der Waals surface area contributed by atoms with Crippen molar-refractivity contribution in [1.29, 1.82) is 0 Å². The predicted octanol–water partition coefficient (Wildman–Crippen LogP) is 2.32. The Kier molecular flexibility index (Phi) is 3.59. The summed E-state index contributed by atoms with van der Waals surface area (Å²) in [4.78, 5) is 26.2. The topological polar surface area (TPSA) is 79.2 Å². The maximum absolute atomic E-state index is 10.9. The number of carboxylic acids is 1. The molecule has 2 aromatic heterocycles. The van der Waals surface area contributed by atoms with Crippen LogP contribution in [0.1, 0.15) is 47.3 Å². The van der Waals surface area contributed by atoms with Gasteiger partial charge in [-0.2, -0.15) is 0 Å². The van der Waals surface area contributed by atoms with Crippen molar-refractivity contribution in [2.24, 2.45) is 0 Å². The Morgan fingerprint density at radius 3 is 2.90 bits per heavy atom. The van der Waals surface area contributed by atoms with Gasteiger partial charge >= 0.3 is 5.97 Å². The van der Waals surface area contributed by atoms with Crippen LogP contribution in [0.15, 0.2) is 11.6 Å². The van der Waals surface area contributed by atoms with E-state index in [0.29, 0.717) is 12.5 Å². The summed E-state index contributed by atoms with van der Waals surface area (Å²) in [6.45, 7) is 5.65. The monoisotopic (exact) mass is 304 g/mol. The Labute approximate surface area is 126 Å². The van der Waals surface area contributed by atoms with Gasteiger partial charge in [-0.25, -0.2) is 19.7 Å². The molecule has 0 spiro atoms. The molecule has 0 fully saturated rings. The molecule has 2 aromatic rings. The van der Waals surface area contributed by atoms with Crippen molar-refractivity contribution in [2.75, 3.05) is 11.4 Å². The van der Waals surface area contributed by atoms with Crippen LogP contribution in [0.4, 0.5) is 5.13 Å². The second-order valence-corrected chi connectivity index (χ2v) is 6.18. The minimum atomic E-state index is -0.986. The summed E-state index contributed by atoms with van der Waals surface area (Å²) in [5, 5.41) is 11.3. The highest BCUT2D eigenvalue weighted by Crippen LogP contribution is 2.26. The van der Waals surface area contributed by atoms with Crippen molar-refractivity contribution in [3.63, 3.8) is 0 Å². The molecule has 1 aliphatic heterocycles. The van der Waals surface area contributed by atoms with E-state index >= 15 is 0 Å². The van der Waals surface area contributed by atoms with Crippen LogP contribution in [0, 0.1) is 0 Å². The number of anilines is 1. The van der Waals surface area contributed by atoms with Gasteiger partial charge in [0, 0.05) is 42.6 Å². The Morgan fingerprint density at radius 1 is 1.43 bits per heavy atom. The van der Waals surface area contributed by atoms with Crippen LogP contribution >= 0.6 is 11.3 Å². The van der Waals surface area contributed by atoms with E-state index in [1.165, 1.54) is 11.3 Å². The number of hydrogen-bond acceptors (Lipinski definition) is 6. The number of carboxylic acid groups (broad SMARTS) is 1. The van der Waals surface area contributed by atoms with Crippen LogP contribution in [-0.2, 0) is 13.0 Å². The van der Waals surface area contributed by atoms with Crippen molar-refractivity contribution < 1.29 is 9.90 Å². The van der Waals surface area contributed by atoms with Gasteiger partial charge in [-0.15, -0.1) is 11.3 Å². The van der Waals surface area contributed by atoms with Gasteiger partial charge in [0.15, 0.2) is 10.8 Å². The summed E-state index contributed by atoms with van der Waals surface area (Å²) < 4.78 is 0. The van der Waals surface area contributed by atoms with E-state index in [0.717, 1.165) is 35.2 Å². The lowest BCUT2D eigenvalue weighted by Gasteiger charge is -2.27. The average Bonchev–Trinajstić information content (AvgIpc) is 2.96. The molecule has 0 atom stereocenters. The summed E-state index contributed by atoms with van der Waals surface area (Å²) in [7, 11) is 0. The van der Waals surface area contributed by atoms with Crippen LogP contribution < -0.4 is 4.90 Å². The molecule has 7 heteroatoms. The molecule has 0 bridgehead atoms. The predicted molar refractivity (Wildman–Crippen MR) is 79.9 cm³/mol. The molecule has 0 aromatic carbocycles. The molecule has 110 valence electrons. The summed E-state index contributed by atoms with van der Waals surface area (Å²) in [6, 6.07) is 0.